The van der Waals surface area contributed by atoms with E-state index in [1.165, 1.54) is 6.26 Å². The highest BCUT2D eigenvalue weighted by Gasteiger charge is 2.17. The molecule has 2 N–H and O–H groups in total. The van der Waals surface area contributed by atoms with Gasteiger partial charge in [0.05, 0.1) is 24.4 Å². The van der Waals surface area contributed by atoms with E-state index in [1.807, 2.05) is 6.07 Å². The number of benzene rings is 1. The molecule has 0 saturated carbocycles. The highest BCUT2D eigenvalue weighted by atomic mass is 16.5. The molecule has 0 bridgehead atoms. The Balaban J connectivity index is 1.85. The number of carbonyl (C=O) groups is 1. The third-order valence-electron chi connectivity index (χ3n) is 2.99. The number of hydrogen-bond donors (Lipinski definition) is 2. The first-order chi connectivity index (χ1) is 10.6. The first-order valence-electron chi connectivity index (χ1n) is 6.76. The molecule has 2 aromatic rings. The highest BCUT2D eigenvalue weighted by Crippen LogP contribution is 2.15. The van der Waals surface area contributed by atoms with E-state index in [9.17, 15) is 9.90 Å². The van der Waals surface area contributed by atoms with E-state index in [4.69, 9.17) is 14.4 Å². The second kappa shape index (κ2) is 7.29. The molecule has 114 valence electrons. The minimum Gasteiger partial charge on any atom is -0.481 e. The molecule has 0 fully saturated rings. The minimum atomic E-state index is -0.909. The van der Waals surface area contributed by atoms with Crippen LogP contribution in [0.3, 0.4) is 0 Å². The smallest absolute Gasteiger partial charge is 0.260 e. The van der Waals surface area contributed by atoms with Crippen molar-refractivity contribution in [3.8, 4) is 11.8 Å². The van der Waals surface area contributed by atoms with Gasteiger partial charge in [0.2, 0.25) is 0 Å². The summed E-state index contributed by atoms with van der Waals surface area (Å²) < 4.78 is 10.5. The zero-order valence-corrected chi connectivity index (χ0v) is 12.0. The van der Waals surface area contributed by atoms with Crippen LogP contribution in [-0.4, -0.2) is 23.7 Å². The topological polar surface area (TPSA) is 95.5 Å². The number of hydrogen-bond acceptors (Lipinski definition) is 5. The molecule has 6 heteroatoms. The van der Waals surface area contributed by atoms with Gasteiger partial charge in [-0.2, -0.15) is 5.26 Å². The van der Waals surface area contributed by atoms with Gasteiger partial charge in [-0.1, -0.05) is 6.07 Å². The molecular weight excluding hydrogens is 284 g/mol. The maximum Gasteiger partial charge on any atom is 0.260 e. The number of carbonyl (C=O) groups excluding carboxylic acids is 1. The summed E-state index contributed by atoms with van der Waals surface area (Å²) in [6, 6.07) is 11.8. The molecular formula is C16H16N2O4. The molecule has 0 aliphatic heterocycles. The monoisotopic (exact) mass is 300 g/mol. The summed E-state index contributed by atoms with van der Waals surface area (Å²) in [5, 5.41) is 21.2. The van der Waals surface area contributed by atoms with Crippen molar-refractivity contribution in [1.82, 2.24) is 5.32 Å². The Morgan fingerprint density at radius 3 is 2.95 bits per heavy atom. The number of nitrogens with zero attached hydrogens (tertiary/aromatic N) is 1. The van der Waals surface area contributed by atoms with Gasteiger partial charge < -0.3 is 19.6 Å². The summed E-state index contributed by atoms with van der Waals surface area (Å²) in [5.74, 6) is 0.455. The Morgan fingerprint density at radius 1 is 1.45 bits per heavy atom. The summed E-state index contributed by atoms with van der Waals surface area (Å²) in [5.41, 5.74) is 0.457. The molecule has 0 radical (unpaired) electrons. The number of furan rings is 1. The summed E-state index contributed by atoms with van der Waals surface area (Å²) in [6.45, 7) is 1.62. The van der Waals surface area contributed by atoms with Crippen LogP contribution in [0, 0.1) is 11.3 Å². The molecule has 1 aromatic carbocycles. The van der Waals surface area contributed by atoms with Crippen LogP contribution in [0.2, 0.25) is 0 Å². The lowest BCUT2D eigenvalue weighted by Gasteiger charge is -2.16. The Labute approximate surface area is 127 Å². The molecule has 0 aliphatic rings. The van der Waals surface area contributed by atoms with Gasteiger partial charge >= 0.3 is 0 Å². The average Bonchev–Trinajstić information content (AvgIpc) is 3.06. The predicted octanol–water partition coefficient (Wildman–Crippen LogP) is 1.77. The Morgan fingerprint density at radius 2 is 2.27 bits per heavy atom. The third kappa shape index (κ3) is 4.11. The van der Waals surface area contributed by atoms with Crippen molar-refractivity contribution in [3.05, 3.63) is 54.0 Å². The number of aliphatic hydroxyl groups is 1. The lowest BCUT2D eigenvalue weighted by molar-refractivity contribution is -0.127. The van der Waals surface area contributed by atoms with Crippen LogP contribution in [0.25, 0.3) is 0 Å². The van der Waals surface area contributed by atoms with Gasteiger partial charge in [0, 0.05) is 0 Å². The molecule has 22 heavy (non-hydrogen) atoms. The molecule has 1 amide bonds. The Kier molecular flexibility index (Phi) is 5.17. The maximum absolute atomic E-state index is 11.9. The van der Waals surface area contributed by atoms with Crippen LogP contribution in [0.4, 0.5) is 0 Å². The van der Waals surface area contributed by atoms with E-state index in [0.717, 1.165) is 0 Å². The van der Waals surface area contributed by atoms with Crippen LogP contribution in [0.15, 0.2) is 47.1 Å². The van der Waals surface area contributed by atoms with Gasteiger partial charge in [0.25, 0.3) is 5.91 Å². The van der Waals surface area contributed by atoms with Crippen molar-refractivity contribution in [2.45, 2.75) is 19.1 Å². The van der Waals surface area contributed by atoms with Gasteiger partial charge in [-0.3, -0.25) is 4.79 Å². The molecule has 2 rings (SSSR count). The summed E-state index contributed by atoms with van der Waals surface area (Å²) >= 11 is 0. The van der Waals surface area contributed by atoms with Crippen LogP contribution >= 0.6 is 0 Å². The fourth-order valence-electron chi connectivity index (χ4n) is 1.82. The zero-order valence-electron chi connectivity index (χ0n) is 12.0. The fourth-order valence-corrected chi connectivity index (χ4v) is 1.82. The molecule has 0 saturated heterocycles. The second-order valence-corrected chi connectivity index (χ2v) is 4.68. The van der Waals surface area contributed by atoms with E-state index >= 15 is 0 Å². The van der Waals surface area contributed by atoms with E-state index in [-0.39, 0.29) is 12.5 Å². The van der Waals surface area contributed by atoms with Gasteiger partial charge in [0.1, 0.15) is 17.6 Å². The second-order valence-electron chi connectivity index (χ2n) is 4.68. The summed E-state index contributed by atoms with van der Waals surface area (Å²) in [4.78, 5) is 11.9. The van der Waals surface area contributed by atoms with E-state index < -0.39 is 12.2 Å². The molecule has 6 nitrogen and oxygen atoms in total. The number of amides is 1. The predicted molar refractivity (Wildman–Crippen MR) is 77.9 cm³/mol. The molecule has 0 spiro atoms. The van der Waals surface area contributed by atoms with E-state index in [2.05, 4.69) is 5.32 Å². The quantitative estimate of drug-likeness (QED) is 0.847. The Bertz CT molecular complexity index is 661. The zero-order chi connectivity index (χ0) is 15.9. The summed E-state index contributed by atoms with van der Waals surface area (Å²) in [6.07, 6.45) is -0.209. The SMILES string of the molecule is CC(Oc1cccc(C#N)c1)C(=O)NCC(O)c1ccco1. The number of nitrogens with one attached hydrogen (secondary N) is 1. The number of nitriles is 1. The minimum absolute atomic E-state index is 0.0261. The molecule has 1 aromatic heterocycles. The van der Waals surface area contributed by atoms with Gasteiger partial charge in [0.15, 0.2) is 6.10 Å². The number of rotatable bonds is 6. The van der Waals surface area contributed by atoms with Crippen LogP contribution < -0.4 is 10.1 Å². The van der Waals surface area contributed by atoms with Gasteiger partial charge in [-0.05, 0) is 37.3 Å². The fraction of sp³-hybridized carbons (Fsp3) is 0.250. The largest absolute Gasteiger partial charge is 0.481 e. The molecule has 0 aliphatic carbocycles. The van der Waals surface area contributed by atoms with Crippen LogP contribution in [0.1, 0.15) is 24.4 Å². The van der Waals surface area contributed by atoms with Crippen molar-refractivity contribution in [2.75, 3.05) is 6.54 Å². The molecule has 2 atom stereocenters. The van der Waals surface area contributed by atoms with Crippen LogP contribution in [0.5, 0.6) is 5.75 Å². The first kappa shape index (κ1) is 15.6. The normalized spacial score (nSPS) is 13.0. The van der Waals surface area contributed by atoms with Gasteiger partial charge in [-0.25, -0.2) is 0 Å². The van der Waals surface area contributed by atoms with Crippen LogP contribution in [-0.2, 0) is 4.79 Å². The van der Waals surface area contributed by atoms with E-state index in [1.54, 1.807) is 43.3 Å². The molecule has 1 heterocycles. The third-order valence-corrected chi connectivity index (χ3v) is 2.99. The lowest BCUT2D eigenvalue weighted by Crippen LogP contribution is -2.38. The molecule has 2 unspecified atom stereocenters. The number of aliphatic hydroxyl groups excluding tert-OH is 1. The first-order valence-corrected chi connectivity index (χ1v) is 6.76. The van der Waals surface area contributed by atoms with Crippen molar-refractivity contribution < 1.29 is 19.1 Å². The van der Waals surface area contributed by atoms with Crippen molar-refractivity contribution >= 4 is 5.91 Å². The average molecular weight is 300 g/mol. The van der Waals surface area contributed by atoms with E-state index in [0.29, 0.717) is 17.1 Å². The van der Waals surface area contributed by atoms with Crippen molar-refractivity contribution in [2.24, 2.45) is 0 Å². The Hall–Kier alpha value is -2.78. The lowest BCUT2D eigenvalue weighted by atomic mass is 10.2. The summed E-state index contributed by atoms with van der Waals surface area (Å²) in [7, 11) is 0. The maximum atomic E-state index is 11.9. The van der Waals surface area contributed by atoms with Gasteiger partial charge in [-0.15, -0.1) is 0 Å². The van der Waals surface area contributed by atoms with Crippen molar-refractivity contribution in [1.29, 1.82) is 5.26 Å². The van der Waals surface area contributed by atoms with Crippen molar-refractivity contribution in [3.63, 3.8) is 0 Å². The highest BCUT2D eigenvalue weighted by molar-refractivity contribution is 5.80. The number of ether oxygens (including phenoxy) is 1. The standard InChI is InChI=1S/C16H16N2O4/c1-11(22-13-5-2-4-12(8-13)9-17)16(20)18-10-14(19)15-6-3-7-21-15/h2-8,11,14,19H,10H2,1H3,(H,18,20).